The van der Waals surface area contributed by atoms with E-state index < -0.39 is 0 Å². The lowest BCUT2D eigenvalue weighted by Gasteiger charge is -2.15. The van der Waals surface area contributed by atoms with Gasteiger partial charge in [-0.2, -0.15) is 0 Å². The van der Waals surface area contributed by atoms with Crippen LogP contribution in [0.25, 0.3) is 0 Å². The summed E-state index contributed by atoms with van der Waals surface area (Å²) in [5.74, 6) is 0. The highest BCUT2D eigenvalue weighted by Crippen LogP contribution is 2.26. The molecule has 3 aromatic rings. The fourth-order valence-corrected chi connectivity index (χ4v) is 2.85. The van der Waals surface area contributed by atoms with Crippen molar-refractivity contribution in [3.8, 4) is 0 Å². The van der Waals surface area contributed by atoms with Gasteiger partial charge < -0.3 is 0 Å². The number of rotatable bonds is 3. The molecule has 0 amide bonds. The van der Waals surface area contributed by atoms with E-state index in [9.17, 15) is 4.79 Å². The maximum absolute atomic E-state index is 12.2. The molecular weight excluding hydrogens is 323 g/mol. The summed E-state index contributed by atoms with van der Waals surface area (Å²) in [6, 6.07) is 6.81. The molecule has 0 spiro atoms. The lowest BCUT2D eigenvalue weighted by atomic mass is 10.0. The summed E-state index contributed by atoms with van der Waals surface area (Å²) in [6.07, 6.45) is 5.17. The van der Waals surface area contributed by atoms with Crippen molar-refractivity contribution in [2.75, 3.05) is 0 Å². The zero-order valence-corrected chi connectivity index (χ0v) is 13.2. The van der Waals surface area contributed by atoms with Gasteiger partial charge in [0.25, 0.3) is 0 Å². The van der Waals surface area contributed by atoms with Crippen LogP contribution in [-0.2, 0) is 6.42 Å². The van der Waals surface area contributed by atoms with Crippen LogP contribution >= 0.6 is 23.2 Å². The Morgan fingerprint density at radius 3 is 2.32 bits per heavy atom. The third-order valence-corrected chi connectivity index (χ3v) is 4.22. The van der Waals surface area contributed by atoms with Gasteiger partial charge >= 0.3 is 0 Å². The first kappa shape index (κ1) is 14.8. The Morgan fingerprint density at radius 2 is 1.68 bits per heavy atom. The Kier molecular flexibility index (Phi) is 4.00. The number of aromatic nitrogens is 4. The molecule has 0 N–H and O–H groups in total. The number of benzene rings is 1. The first-order valence-electron chi connectivity index (χ1n) is 6.57. The largest absolute Gasteiger partial charge is 0.290 e. The number of nitrogens with zero attached hydrogens (tertiary/aromatic N) is 4. The minimum atomic E-state index is -0.0576. The molecule has 0 aliphatic rings. The van der Waals surface area contributed by atoms with Crippen LogP contribution in [0.5, 0.6) is 0 Å². The van der Waals surface area contributed by atoms with Crippen molar-refractivity contribution >= 4 is 23.2 Å². The second kappa shape index (κ2) is 5.94. The van der Waals surface area contributed by atoms with E-state index in [1.54, 1.807) is 46.4 Å². The molecular formula is C15H12Cl2N4O. The van der Waals surface area contributed by atoms with E-state index in [4.69, 9.17) is 23.2 Å². The van der Waals surface area contributed by atoms with E-state index in [1.165, 1.54) is 6.07 Å². The summed E-state index contributed by atoms with van der Waals surface area (Å²) >= 11 is 12.4. The molecule has 3 rings (SSSR count). The average molecular weight is 335 g/mol. The Morgan fingerprint density at radius 1 is 1.05 bits per heavy atom. The van der Waals surface area contributed by atoms with Crippen molar-refractivity contribution in [2.24, 2.45) is 0 Å². The molecule has 0 aliphatic heterocycles. The topological polar surface area (TPSA) is 52.7 Å². The molecule has 0 fully saturated rings. The summed E-state index contributed by atoms with van der Waals surface area (Å²) in [7, 11) is 0. The summed E-state index contributed by atoms with van der Waals surface area (Å²) in [5, 5.41) is 8.65. The Bertz CT molecular complexity index is 851. The number of hydrogen-bond donors (Lipinski definition) is 0. The monoisotopic (exact) mass is 334 g/mol. The molecule has 2 aromatic heterocycles. The maximum atomic E-state index is 12.2. The zero-order chi connectivity index (χ0) is 15.7. The molecule has 0 radical (unpaired) electrons. The van der Waals surface area contributed by atoms with Gasteiger partial charge in [-0.05, 0) is 24.6 Å². The Hall–Kier alpha value is -2.11. The molecule has 0 atom stereocenters. The minimum absolute atomic E-state index is 0.0576. The van der Waals surface area contributed by atoms with Crippen molar-refractivity contribution in [3.63, 3.8) is 0 Å². The first-order valence-corrected chi connectivity index (χ1v) is 7.33. The highest BCUT2D eigenvalue weighted by atomic mass is 35.5. The molecule has 0 saturated carbocycles. The molecule has 0 saturated heterocycles. The quantitative estimate of drug-likeness (QED) is 0.739. The number of hydrogen-bond acceptors (Lipinski definition) is 3. The van der Waals surface area contributed by atoms with Crippen LogP contribution in [0.3, 0.4) is 0 Å². The van der Waals surface area contributed by atoms with Gasteiger partial charge in [0.2, 0.25) is 0 Å². The molecule has 7 heteroatoms. The summed E-state index contributed by atoms with van der Waals surface area (Å²) < 4.78 is 3.48. The number of halogens is 2. The van der Waals surface area contributed by atoms with E-state index in [1.807, 2.05) is 6.92 Å². The Balaban J connectivity index is 2.12. The summed E-state index contributed by atoms with van der Waals surface area (Å²) in [4.78, 5) is 12.2. The average Bonchev–Trinajstić information content (AvgIpc) is 3.00. The van der Waals surface area contributed by atoms with E-state index in [2.05, 4.69) is 10.2 Å². The van der Waals surface area contributed by atoms with Crippen LogP contribution in [0, 0.1) is 6.92 Å². The fourth-order valence-electron chi connectivity index (χ4n) is 2.32. The molecule has 1 aromatic carbocycles. The predicted octanol–water partition coefficient (Wildman–Crippen LogP) is 2.96. The predicted molar refractivity (Wildman–Crippen MR) is 85.5 cm³/mol. The van der Waals surface area contributed by atoms with Crippen molar-refractivity contribution in [2.45, 2.75) is 13.3 Å². The van der Waals surface area contributed by atoms with Crippen LogP contribution in [0.4, 0.5) is 0 Å². The molecule has 0 unspecified atom stereocenters. The highest BCUT2D eigenvalue weighted by molar-refractivity contribution is 6.36. The van der Waals surface area contributed by atoms with Crippen molar-refractivity contribution < 1.29 is 0 Å². The molecule has 0 bridgehead atoms. The maximum Gasteiger partial charge on any atom is 0.185 e. The highest BCUT2D eigenvalue weighted by Gasteiger charge is 2.13. The summed E-state index contributed by atoms with van der Waals surface area (Å²) in [6.45, 7) is 1.86. The van der Waals surface area contributed by atoms with Gasteiger partial charge in [0.05, 0.1) is 0 Å². The Labute approximate surface area is 136 Å². The standard InChI is InChI=1S/C15H12Cl2N4O/c1-10-11(7-12-13(16)3-2-4-14(12)17)15(22)5-6-21(10)20-8-18-19-9-20/h2-6,8-9H,7H2,1H3. The van der Waals surface area contributed by atoms with Gasteiger partial charge in [-0.15, -0.1) is 10.2 Å². The van der Waals surface area contributed by atoms with Gasteiger partial charge in [-0.25, -0.2) is 4.68 Å². The van der Waals surface area contributed by atoms with Gasteiger partial charge in [0.1, 0.15) is 12.7 Å². The molecule has 2 heterocycles. The van der Waals surface area contributed by atoms with Crippen molar-refractivity contribution in [3.05, 3.63) is 80.2 Å². The van der Waals surface area contributed by atoms with Crippen LogP contribution in [0.1, 0.15) is 16.8 Å². The molecule has 22 heavy (non-hydrogen) atoms. The summed E-state index contributed by atoms with van der Waals surface area (Å²) in [5.41, 5.74) is 2.10. The van der Waals surface area contributed by atoms with Gasteiger partial charge in [-0.1, -0.05) is 29.3 Å². The lowest BCUT2D eigenvalue weighted by molar-refractivity contribution is 0.621. The smallest absolute Gasteiger partial charge is 0.185 e. The zero-order valence-electron chi connectivity index (χ0n) is 11.7. The van der Waals surface area contributed by atoms with Crippen LogP contribution < -0.4 is 5.43 Å². The van der Waals surface area contributed by atoms with Gasteiger partial charge in [0.15, 0.2) is 5.43 Å². The number of pyridine rings is 1. The second-order valence-electron chi connectivity index (χ2n) is 4.81. The molecule has 0 aliphatic carbocycles. The third kappa shape index (κ3) is 2.65. The minimum Gasteiger partial charge on any atom is -0.290 e. The molecule has 5 nitrogen and oxygen atoms in total. The fraction of sp³-hybridized carbons (Fsp3) is 0.133. The van der Waals surface area contributed by atoms with E-state index in [-0.39, 0.29) is 5.43 Å². The van der Waals surface area contributed by atoms with E-state index in [0.717, 1.165) is 11.3 Å². The normalized spacial score (nSPS) is 10.9. The van der Waals surface area contributed by atoms with Crippen molar-refractivity contribution in [1.29, 1.82) is 0 Å². The second-order valence-corrected chi connectivity index (χ2v) is 5.62. The van der Waals surface area contributed by atoms with Crippen LogP contribution in [-0.4, -0.2) is 19.5 Å². The van der Waals surface area contributed by atoms with E-state index >= 15 is 0 Å². The van der Waals surface area contributed by atoms with Gasteiger partial charge in [0, 0.05) is 40.0 Å². The molecule has 112 valence electrons. The first-order chi connectivity index (χ1) is 10.6. The van der Waals surface area contributed by atoms with Crippen molar-refractivity contribution in [1.82, 2.24) is 19.5 Å². The van der Waals surface area contributed by atoms with E-state index in [0.29, 0.717) is 22.0 Å². The van der Waals surface area contributed by atoms with Crippen LogP contribution in [0.15, 0.2) is 47.9 Å². The van der Waals surface area contributed by atoms with Crippen LogP contribution in [0.2, 0.25) is 10.0 Å². The third-order valence-electron chi connectivity index (χ3n) is 3.52. The SMILES string of the molecule is Cc1c(Cc2c(Cl)cccc2Cl)c(=O)ccn1-n1cnnc1. The lowest BCUT2D eigenvalue weighted by Crippen LogP contribution is -2.20. The van der Waals surface area contributed by atoms with Gasteiger partial charge in [-0.3, -0.25) is 9.47 Å².